The fraction of sp³-hybridized carbons (Fsp3) is 0.0714. The topological polar surface area (TPSA) is 40.7 Å². The molecule has 3 rings (SSSR count). The van der Waals surface area contributed by atoms with E-state index in [0.717, 1.165) is 21.4 Å². The summed E-state index contributed by atoms with van der Waals surface area (Å²) in [5.41, 5.74) is 3.08. The first-order valence-corrected chi connectivity index (χ1v) is 8.04. The fourth-order valence-corrected chi connectivity index (χ4v) is 3.40. The zero-order chi connectivity index (χ0) is 13.9. The van der Waals surface area contributed by atoms with Gasteiger partial charge in [0.15, 0.2) is 0 Å². The van der Waals surface area contributed by atoms with Gasteiger partial charge in [0.1, 0.15) is 0 Å². The van der Waals surface area contributed by atoms with Crippen molar-refractivity contribution in [2.75, 3.05) is 5.32 Å². The van der Waals surface area contributed by atoms with Gasteiger partial charge in [-0.3, -0.25) is 5.10 Å². The highest BCUT2D eigenvalue weighted by Gasteiger charge is 2.09. The molecule has 20 heavy (non-hydrogen) atoms. The molecule has 2 heterocycles. The van der Waals surface area contributed by atoms with Crippen LogP contribution in [0.5, 0.6) is 0 Å². The molecular weight excluding hydrogens is 358 g/mol. The van der Waals surface area contributed by atoms with Gasteiger partial charge in [0, 0.05) is 16.6 Å². The summed E-state index contributed by atoms with van der Waals surface area (Å²) in [5.74, 6) is 0. The van der Waals surface area contributed by atoms with E-state index in [1.165, 1.54) is 4.88 Å². The van der Waals surface area contributed by atoms with Crippen molar-refractivity contribution in [3.05, 3.63) is 57.0 Å². The predicted octanol–water partition coefficient (Wildman–Crippen LogP) is 5.17. The molecule has 1 aromatic carbocycles. The predicted molar refractivity (Wildman–Crippen MR) is 88.4 cm³/mol. The van der Waals surface area contributed by atoms with Gasteiger partial charge >= 0.3 is 0 Å². The second kappa shape index (κ2) is 5.99. The Balaban J connectivity index is 1.78. The molecule has 0 bridgehead atoms. The molecule has 3 nitrogen and oxygen atoms in total. The number of halogens is 2. The Morgan fingerprint density at radius 3 is 3.00 bits per heavy atom. The molecular formula is C14H11BrClN3S. The van der Waals surface area contributed by atoms with Gasteiger partial charge in [0.25, 0.3) is 0 Å². The Kier molecular flexibility index (Phi) is 4.10. The average Bonchev–Trinajstić information content (AvgIpc) is 3.08. The lowest BCUT2D eigenvalue weighted by Gasteiger charge is -2.08. The number of nitrogens with zero attached hydrogens (tertiary/aromatic N) is 1. The minimum atomic E-state index is 0.672. The highest BCUT2D eigenvalue weighted by Crippen LogP contribution is 2.29. The molecule has 0 radical (unpaired) electrons. The lowest BCUT2D eigenvalue weighted by molar-refractivity contribution is 1.10. The van der Waals surface area contributed by atoms with Crippen molar-refractivity contribution < 1.29 is 0 Å². The van der Waals surface area contributed by atoms with Crippen molar-refractivity contribution in [1.82, 2.24) is 10.2 Å². The summed E-state index contributed by atoms with van der Waals surface area (Å²) in [7, 11) is 0. The molecule has 2 aromatic heterocycles. The molecule has 3 aromatic rings. The fourth-order valence-electron chi connectivity index (χ4n) is 1.90. The summed E-state index contributed by atoms with van der Waals surface area (Å²) in [6.07, 6.45) is 1.84. The van der Waals surface area contributed by atoms with Gasteiger partial charge in [-0.05, 0) is 29.6 Å². The van der Waals surface area contributed by atoms with Crippen LogP contribution >= 0.6 is 38.9 Å². The van der Waals surface area contributed by atoms with E-state index in [1.54, 1.807) is 11.3 Å². The van der Waals surface area contributed by atoms with Crippen molar-refractivity contribution in [1.29, 1.82) is 0 Å². The molecule has 0 saturated carbocycles. The lowest BCUT2D eigenvalue weighted by Crippen LogP contribution is -2.00. The SMILES string of the molecule is Clc1cc(Br)ccc1NCc1cn[nH]c1-c1cccs1. The van der Waals surface area contributed by atoms with Gasteiger partial charge in [0.2, 0.25) is 0 Å². The number of benzene rings is 1. The molecule has 0 amide bonds. The van der Waals surface area contributed by atoms with E-state index in [1.807, 2.05) is 30.5 Å². The van der Waals surface area contributed by atoms with Crippen LogP contribution in [0.4, 0.5) is 5.69 Å². The van der Waals surface area contributed by atoms with Crippen molar-refractivity contribution in [2.45, 2.75) is 6.54 Å². The Hall–Kier alpha value is -1.30. The number of rotatable bonds is 4. The largest absolute Gasteiger partial charge is 0.380 e. The Morgan fingerprint density at radius 1 is 1.35 bits per heavy atom. The van der Waals surface area contributed by atoms with Crippen LogP contribution in [0.15, 0.2) is 46.4 Å². The van der Waals surface area contributed by atoms with Crippen LogP contribution in [0.1, 0.15) is 5.56 Å². The zero-order valence-corrected chi connectivity index (χ0v) is 13.5. The van der Waals surface area contributed by atoms with E-state index in [0.29, 0.717) is 11.6 Å². The van der Waals surface area contributed by atoms with Gasteiger partial charge in [-0.25, -0.2) is 0 Å². The summed E-state index contributed by atoms with van der Waals surface area (Å²) < 4.78 is 0.968. The molecule has 0 aliphatic heterocycles. The zero-order valence-electron chi connectivity index (χ0n) is 10.4. The first-order chi connectivity index (χ1) is 9.74. The number of nitrogens with one attached hydrogen (secondary N) is 2. The molecule has 0 aliphatic rings. The van der Waals surface area contributed by atoms with Gasteiger partial charge in [0.05, 0.1) is 27.5 Å². The van der Waals surface area contributed by atoms with E-state index in [4.69, 9.17) is 11.6 Å². The molecule has 6 heteroatoms. The van der Waals surface area contributed by atoms with Crippen molar-refractivity contribution in [2.24, 2.45) is 0 Å². The molecule has 0 fully saturated rings. The van der Waals surface area contributed by atoms with Crippen molar-refractivity contribution in [3.63, 3.8) is 0 Å². The minimum Gasteiger partial charge on any atom is -0.380 e. The second-order valence-corrected chi connectivity index (χ2v) is 6.50. The summed E-state index contributed by atoms with van der Waals surface area (Å²) in [4.78, 5) is 1.18. The Morgan fingerprint density at radius 2 is 2.25 bits per heavy atom. The van der Waals surface area contributed by atoms with Gasteiger partial charge < -0.3 is 5.32 Å². The number of hydrogen-bond acceptors (Lipinski definition) is 3. The quantitative estimate of drug-likeness (QED) is 0.667. The number of aromatic amines is 1. The molecule has 0 saturated heterocycles. The summed E-state index contributed by atoms with van der Waals surface area (Å²) in [5, 5.41) is 13.3. The van der Waals surface area contributed by atoms with Gasteiger partial charge in [-0.1, -0.05) is 33.6 Å². The van der Waals surface area contributed by atoms with Crippen LogP contribution in [0.3, 0.4) is 0 Å². The maximum atomic E-state index is 6.20. The normalized spacial score (nSPS) is 10.7. The smallest absolute Gasteiger partial charge is 0.0799 e. The average molecular weight is 369 g/mol. The molecule has 0 spiro atoms. The van der Waals surface area contributed by atoms with Crippen LogP contribution in [0.25, 0.3) is 10.6 Å². The highest BCUT2D eigenvalue weighted by atomic mass is 79.9. The number of anilines is 1. The van der Waals surface area contributed by atoms with E-state index in [2.05, 4.69) is 42.9 Å². The number of hydrogen-bond donors (Lipinski definition) is 2. The molecule has 102 valence electrons. The van der Waals surface area contributed by atoms with Crippen molar-refractivity contribution >= 4 is 44.6 Å². The molecule has 2 N–H and O–H groups in total. The summed E-state index contributed by atoms with van der Waals surface area (Å²) in [6.45, 7) is 0.672. The van der Waals surface area contributed by atoms with Crippen LogP contribution in [0.2, 0.25) is 5.02 Å². The van der Waals surface area contributed by atoms with E-state index in [-0.39, 0.29) is 0 Å². The maximum Gasteiger partial charge on any atom is 0.0799 e. The van der Waals surface area contributed by atoms with Crippen LogP contribution in [0, 0.1) is 0 Å². The van der Waals surface area contributed by atoms with Crippen LogP contribution in [-0.4, -0.2) is 10.2 Å². The van der Waals surface area contributed by atoms with Crippen molar-refractivity contribution in [3.8, 4) is 10.6 Å². The first-order valence-electron chi connectivity index (χ1n) is 5.99. The van der Waals surface area contributed by atoms with E-state index >= 15 is 0 Å². The number of aromatic nitrogens is 2. The summed E-state index contributed by atoms with van der Waals surface area (Å²) in [6, 6.07) is 9.90. The van der Waals surface area contributed by atoms with Gasteiger partial charge in [-0.15, -0.1) is 11.3 Å². The third kappa shape index (κ3) is 2.90. The standard InChI is InChI=1S/C14H11BrClN3S/c15-10-3-4-12(11(16)6-10)17-7-9-8-18-19-14(9)13-2-1-5-20-13/h1-6,8,17H,7H2,(H,18,19). The first kappa shape index (κ1) is 13.7. The van der Waals surface area contributed by atoms with Crippen LogP contribution in [-0.2, 0) is 6.54 Å². The minimum absolute atomic E-state index is 0.672. The number of H-pyrrole nitrogens is 1. The molecule has 0 aliphatic carbocycles. The molecule has 0 atom stereocenters. The highest BCUT2D eigenvalue weighted by molar-refractivity contribution is 9.10. The lowest BCUT2D eigenvalue weighted by atomic mass is 10.2. The van der Waals surface area contributed by atoms with Crippen LogP contribution < -0.4 is 5.32 Å². The maximum absolute atomic E-state index is 6.20. The molecule has 0 unspecified atom stereocenters. The third-order valence-electron chi connectivity index (χ3n) is 2.89. The Bertz CT molecular complexity index is 709. The van der Waals surface area contributed by atoms with E-state index in [9.17, 15) is 0 Å². The van der Waals surface area contributed by atoms with Gasteiger partial charge in [-0.2, -0.15) is 5.10 Å². The monoisotopic (exact) mass is 367 g/mol. The third-order valence-corrected chi connectivity index (χ3v) is 4.58. The number of thiophene rings is 1. The summed E-state index contributed by atoms with van der Waals surface area (Å²) >= 11 is 11.3. The second-order valence-electron chi connectivity index (χ2n) is 4.23. The van der Waals surface area contributed by atoms with E-state index < -0.39 is 0 Å². The Labute approximate surface area is 134 Å².